The Morgan fingerprint density at radius 1 is 0.962 bits per heavy atom. The number of hydrogen-bond acceptors (Lipinski definition) is 9. The van der Waals surface area contributed by atoms with Gasteiger partial charge in [-0.2, -0.15) is 0 Å². The first-order chi connectivity index (χ1) is 12.6. The maximum Gasteiger partial charge on any atom is 0.330 e. The molecule has 0 saturated heterocycles. The van der Waals surface area contributed by atoms with Crippen LogP contribution in [0.15, 0.2) is 0 Å². The van der Waals surface area contributed by atoms with Gasteiger partial charge in [0.25, 0.3) is 0 Å². The van der Waals surface area contributed by atoms with Gasteiger partial charge in [-0.15, -0.1) is 0 Å². The van der Waals surface area contributed by atoms with Crippen molar-refractivity contribution in [3.63, 3.8) is 0 Å². The molecule has 9 nitrogen and oxygen atoms in total. The van der Waals surface area contributed by atoms with E-state index < -0.39 is 23.5 Å². The van der Waals surface area contributed by atoms with E-state index in [9.17, 15) is 9.59 Å². The van der Waals surface area contributed by atoms with Crippen LogP contribution < -0.4 is 0 Å². The van der Waals surface area contributed by atoms with Crippen LogP contribution in [-0.2, 0) is 28.7 Å². The number of hydrogen-bond donors (Lipinski definition) is 3. The molecule has 0 unspecified atom stereocenters. The Morgan fingerprint density at radius 3 is 1.65 bits per heavy atom. The first-order valence-electron chi connectivity index (χ1n) is 8.97. The first kappa shape index (κ1) is 24.3. The van der Waals surface area contributed by atoms with Gasteiger partial charge in [-0.05, 0) is 54.4 Å². The van der Waals surface area contributed by atoms with Crippen LogP contribution in [0.25, 0.3) is 0 Å². The molecular weight excluding hydrogens is 348 g/mol. The molecule has 0 radical (unpaired) electrons. The van der Waals surface area contributed by atoms with Gasteiger partial charge in [0.05, 0.1) is 0 Å². The van der Waals surface area contributed by atoms with Gasteiger partial charge in [-0.1, -0.05) is 0 Å². The normalized spacial score (nSPS) is 12.0. The average molecular weight is 386 g/mol. The minimum absolute atomic E-state index is 0. The van der Waals surface area contributed by atoms with Crippen LogP contribution >= 0.6 is 0 Å². The van der Waals surface area contributed by atoms with E-state index in [0.717, 1.165) is 0 Å². The van der Waals surface area contributed by atoms with Crippen molar-refractivity contribution in [3.8, 4) is 0 Å². The third-order valence-electron chi connectivity index (χ3n) is 1.78. The van der Waals surface area contributed by atoms with Gasteiger partial charge in [-0.3, -0.25) is 14.4 Å². The molecule has 26 heavy (non-hydrogen) atoms. The molecule has 0 amide bonds. The predicted molar refractivity (Wildman–Crippen MR) is 96.2 cm³/mol. The summed E-state index contributed by atoms with van der Waals surface area (Å²) in [5.74, 6) is -1.17. The summed E-state index contributed by atoms with van der Waals surface area (Å²) in [5, 5.41) is 23.9. The number of esters is 2. The summed E-state index contributed by atoms with van der Waals surface area (Å²) in [6.45, 7) is 10.1. The second-order valence-electron chi connectivity index (χ2n) is 6.77. The fourth-order valence-electron chi connectivity index (χ4n) is 1.09. The van der Waals surface area contributed by atoms with Crippen LogP contribution in [0.1, 0.15) is 71.3 Å². The van der Waals surface area contributed by atoms with Crippen molar-refractivity contribution in [2.75, 3.05) is 13.2 Å². The first-order valence-corrected chi connectivity index (χ1v) is 7.97. The van der Waals surface area contributed by atoms with E-state index in [4.69, 9.17) is 32.5 Å². The number of aliphatic hydroxyl groups is 2. The molecular formula is C17H36O9. The lowest BCUT2D eigenvalue weighted by atomic mass is 10.2. The molecule has 0 bridgehead atoms. The minimum atomic E-state index is -2.10. The van der Waals surface area contributed by atoms with Gasteiger partial charge in [0.2, 0.25) is 0 Å². The predicted octanol–water partition coefficient (Wildman–Crippen LogP) is 2.08. The van der Waals surface area contributed by atoms with Crippen molar-refractivity contribution in [3.05, 3.63) is 0 Å². The monoisotopic (exact) mass is 386 g/mol. The Kier molecular flexibility index (Phi) is 15.6. The second-order valence-corrected chi connectivity index (χ2v) is 6.77. The summed E-state index contributed by atoms with van der Waals surface area (Å²) in [4.78, 5) is 33.6. The SMILES string of the molecule is CC(C)(C)OC(=O)CCCO.O=COO.[2H]C([2H])(CCO)C(=O)OC(C)(C)C.[HH]. The third-order valence-corrected chi connectivity index (χ3v) is 1.78. The molecule has 0 saturated carbocycles. The fourth-order valence-corrected chi connectivity index (χ4v) is 1.09. The lowest BCUT2D eigenvalue weighted by Crippen LogP contribution is -2.23. The highest BCUT2D eigenvalue weighted by atomic mass is 17.1. The Bertz CT molecular complexity index is 444. The van der Waals surface area contributed by atoms with E-state index in [0.29, 0.717) is 12.8 Å². The van der Waals surface area contributed by atoms with E-state index in [-0.39, 0.29) is 33.5 Å². The van der Waals surface area contributed by atoms with Crippen LogP contribution in [0, 0.1) is 0 Å². The summed E-state index contributed by atoms with van der Waals surface area (Å²) in [5.41, 5.74) is -1.10. The van der Waals surface area contributed by atoms with E-state index >= 15 is 0 Å². The standard InChI is InChI=1S/2C8H16O3.CH2O3.H2/c2*1-8(2,3)11-7(10)5-4-6-9;2-1-4-3;/h2*9H,4-6H2,1-3H3;1,3H;1H/i5D2;;;. The average Bonchev–Trinajstić information content (AvgIpc) is 2.50. The van der Waals surface area contributed by atoms with Gasteiger partial charge in [0.1, 0.15) is 11.2 Å². The second kappa shape index (κ2) is 16.7. The summed E-state index contributed by atoms with van der Waals surface area (Å²) >= 11 is 0. The Hall–Kier alpha value is -1.71. The molecule has 0 spiro atoms. The smallest absolute Gasteiger partial charge is 0.330 e. The van der Waals surface area contributed by atoms with Crippen molar-refractivity contribution >= 4 is 18.4 Å². The molecule has 9 heteroatoms. The maximum atomic E-state index is 11.2. The van der Waals surface area contributed by atoms with Crippen molar-refractivity contribution in [1.29, 1.82) is 0 Å². The molecule has 0 fully saturated rings. The highest BCUT2D eigenvalue weighted by molar-refractivity contribution is 5.70. The zero-order valence-corrected chi connectivity index (χ0v) is 16.4. The summed E-state index contributed by atoms with van der Waals surface area (Å²) in [6, 6.07) is 0. The molecule has 0 atom stereocenters. The fraction of sp³-hybridized carbons (Fsp3) is 0.824. The van der Waals surface area contributed by atoms with E-state index in [1.165, 1.54) is 0 Å². The Morgan fingerprint density at radius 2 is 1.35 bits per heavy atom. The van der Waals surface area contributed by atoms with Crippen LogP contribution in [0.3, 0.4) is 0 Å². The maximum absolute atomic E-state index is 11.2. The third kappa shape index (κ3) is 33.8. The molecule has 0 aromatic heterocycles. The zero-order chi connectivity index (χ0) is 23.0. The molecule has 0 aliphatic heterocycles. The van der Waals surface area contributed by atoms with Gasteiger partial charge in [-0.25, -0.2) is 5.26 Å². The molecule has 158 valence electrons. The van der Waals surface area contributed by atoms with E-state index in [1.54, 1.807) is 20.8 Å². The van der Waals surface area contributed by atoms with Crippen molar-refractivity contribution < 1.29 is 48.4 Å². The number of aliphatic hydroxyl groups excluding tert-OH is 2. The topological polar surface area (TPSA) is 140 Å². The molecule has 0 aromatic rings. The zero-order valence-electron chi connectivity index (χ0n) is 18.4. The molecule has 0 rings (SSSR count). The van der Waals surface area contributed by atoms with Crippen LogP contribution in [0.5, 0.6) is 0 Å². The molecule has 0 aliphatic rings. The molecule has 0 heterocycles. The summed E-state index contributed by atoms with van der Waals surface area (Å²) < 4.78 is 24.3. The minimum Gasteiger partial charge on any atom is -0.460 e. The highest BCUT2D eigenvalue weighted by Crippen LogP contribution is 2.09. The number of carbonyl (C=O) groups excluding carboxylic acids is 3. The number of carbonyl (C=O) groups is 3. The lowest BCUT2D eigenvalue weighted by molar-refractivity contribution is -0.217. The Labute approximate surface area is 159 Å². The van der Waals surface area contributed by atoms with Crippen molar-refractivity contribution in [1.82, 2.24) is 0 Å². The van der Waals surface area contributed by atoms with Gasteiger partial charge in [0.15, 0.2) is 0 Å². The van der Waals surface area contributed by atoms with E-state index in [1.807, 2.05) is 20.8 Å². The van der Waals surface area contributed by atoms with Crippen molar-refractivity contribution in [2.45, 2.75) is 78.4 Å². The van der Waals surface area contributed by atoms with Crippen LogP contribution in [0.2, 0.25) is 0 Å². The van der Waals surface area contributed by atoms with Gasteiger partial charge < -0.3 is 24.6 Å². The van der Waals surface area contributed by atoms with Crippen molar-refractivity contribution in [2.24, 2.45) is 0 Å². The Balaban J connectivity index is -0.000000178. The highest BCUT2D eigenvalue weighted by Gasteiger charge is 2.15. The number of rotatable bonds is 7. The van der Waals surface area contributed by atoms with Crippen LogP contribution in [-0.4, -0.2) is 58.3 Å². The largest absolute Gasteiger partial charge is 0.460 e. The van der Waals surface area contributed by atoms with Gasteiger partial charge in [0, 0.05) is 30.2 Å². The quantitative estimate of drug-likeness (QED) is 0.197. The number of ether oxygens (including phenoxy) is 2. The molecule has 0 aliphatic carbocycles. The van der Waals surface area contributed by atoms with E-state index in [2.05, 4.69) is 4.89 Å². The van der Waals surface area contributed by atoms with Crippen LogP contribution in [0.4, 0.5) is 0 Å². The molecule has 3 N–H and O–H groups in total. The lowest BCUT2D eigenvalue weighted by Gasteiger charge is -2.19. The van der Waals surface area contributed by atoms with Gasteiger partial charge >= 0.3 is 18.4 Å². The summed E-state index contributed by atoms with van der Waals surface area (Å²) in [7, 11) is 0. The summed E-state index contributed by atoms with van der Waals surface area (Å²) in [6.07, 6.45) is -1.55. The molecule has 0 aromatic carbocycles.